The third kappa shape index (κ3) is 5.26. The fourth-order valence-corrected chi connectivity index (χ4v) is 1.95. The maximum atomic E-state index is 12.6. The van der Waals surface area contributed by atoms with Crippen LogP contribution in [0.5, 0.6) is 5.75 Å². The maximum Gasteiger partial charge on any atom is 0.401 e. The quantitative estimate of drug-likeness (QED) is 0.627. The van der Waals surface area contributed by atoms with Crippen LogP contribution < -0.4 is 10.5 Å². The summed E-state index contributed by atoms with van der Waals surface area (Å²) in [4.78, 5) is 1.31. The van der Waals surface area contributed by atoms with Gasteiger partial charge in [-0.05, 0) is 31.5 Å². The molecule has 1 aromatic carbocycles. The SMILES string of the molecule is COc1ccc(CN(CC(F)(F)F)C(C)C)cc1C(=N)N. The molecule has 0 atom stereocenters. The zero-order chi connectivity index (χ0) is 16.2. The molecule has 0 aliphatic heterocycles. The van der Waals surface area contributed by atoms with Crippen molar-refractivity contribution in [3.05, 3.63) is 29.3 Å². The molecule has 0 heterocycles. The number of nitrogens with one attached hydrogen (secondary N) is 1. The molecule has 0 radical (unpaired) electrons. The minimum absolute atomic E-state index is 0.126. The van der Waals surface area contributed by atoms with Crippen LogP contribution in [0.25, 0.3) is 0 Å². The van der Waals surface area contributed by atoms with Crippen LogP contribution in [-0.2, 0) is 6.54 Å². The van der Waals surface area contributed by atoms with Gasteiger partial charge >= 0.3 is 6.18 Å². The standard InChI is InChI=1S/C14H20F3N3O/c1-9(2)20(8-14(15,16)17)7-10-4-5-12(21-3)11(6-10)13(18)19/h4-6,9H,7-8H2,1-3H3,(H3,18,19). The van der Waals surface area contributed by atoms with Crippen molar-refractivity contribution in [3.8, 4) is 5.75 Å². The highest BCUT2D eigenvalue weighted by Gasteiger charge is 2.31. The Labute approximate surface area is 122 Å². The molecule has 0 unspecified atom stereocenters. The average molecular weight is 303 g/mol. The zero-order valence-corrected chi connectivity index (χ0v) is 12.3. The number of hydrogen-bond donors (Lipinski definition) is 2. The number of nitrogens with zero attached hydrogens (tertiary/aromatic N) is 1. The van der Waals surface area contributed by atoms with E-state index in [0.29, 0.717) is 16.9 Å². The van der Waals surface area contributed by atoms with Gasteiger partial charge in [-0.2, -0.15) is 13.2 Å². The lowest BCUT2D eigenvalue weighted by Gasteiger charge is -2.27. The van der Waals surface area contributed by atoms with Crippen molar-refractivity contribution in [1.29, 1.82) is 5.41 Å². The summed E-state index contributed by atoms with van der Waals surface area (Å²) in [5.41, 5.74) is 6.49. The molecule has 0 saturated heterocycles. The average Bonchev–Trinajstić information content (AvgIpc) is 2.36. The summed E-state index contributed by atoms with van der Waals surface area (Å²) in [5, 5.41) is 7.49. The monoisotopic (exact) mass is 303 g/mol. The molecule has 4 nitrogen and oxygen atoms in total. The number of hydrogen-bond acceptors (Lipinski definition) is 3. The first-order valence-corrected chi connectivity index (χ1v) is 6.46. The van der Waals surface area contributed by atoms with E-state index in [1.807, 2.05) is 0 Å². The minimum atomic E-state index is -4.25. The Morgan fingerprint density at radius 3 is 2.43 bits per heavy atom. The Balaban J connectivity index is 2.99. The third-order valence-corrected chi connectivity index (χ3v) is 3.05. The topological polar surface area (TPSA) is 62.3 Å². The van der Waals surface area contributed by atoms with Gasteiger partial charge in [0.2, 0.25) is 0 Å². The third-order valence-electron chi connectivity index (χ3n) is 3.05. The van der Waals surface area contributed by atoms with Crippen LogP contribution in [0.1, 0.15) is 25.0 Å². The van der Waals surface area contributed by atoms with Crippen molar-refractivity contribution in [2.24, 2.45) is 5.73 Å². The number of amidine groups is 1. The molecule has 0 bridgehead atoms. The van der Waals surface area contributed by atoms with E-state index in [1.165, 1.54) is 12.0 Å². The van der Waals surface area contributed by atoms with E-state index >= 15 is 0 Å². The summed E-state index contributed by atoms with van der Waals surface area (Å²) < 4.78 is 42.8. The smallest absolute Gasteiger partial charge is 0.401 e. The summed E-state index contributed by atoms with van der Waals surface area (Å²) in [6.45, 7) is 2.57. The predicted molar refractivity (Wildman–Crippen MR) is 75.6 cm³/mol. The fourth-order valence-electron chi connectivity index (χ4n) is 1.95. The molecule has 0 aromatic heterocycles. The molecule has 3 N–H and O–H groups in total. The molecule has 7 heteroatoms. The second-order valence-corrected chi connectivity index (χ2v) is 5.06. The Kier molecular flexibility index (Phi) is 5.60. The Hall–Kier alpha value is -1.76. The molecule has 21 heavy (non-hydrogen) atoms. The number of ether oxygens (including phenoxy) is 1. The van der Waals surface area contributed by atoms with E-state index in [1.54, 1.807) is 32.0 Å². The van der Waals surface area contributed by atoms with Gasteiger partial charge in [0.15, 0.2) is 0 Å². The molecule has 0 aliphatic carbocycles. The van der Waals surface area contributed by atoms with Gasteiger partial charge in [-0.3, -0.25) is 10.3 Å². The normalized spacial score (nSPS) is 12.0. The minimum Gasteiger partial charge on any atom is -0.496 e. The van der Waals surface area contributed by atoms with Crippen LogP contribution in [0, 0.1) is 5.41 Å². The van der Waals surface area contributed by atoms with Gasteiger partial charge in [0.25, 0.3) is 0 Å². The highest BCUT2D eigenvalue weighted by Crippen LogP contribution is 2.23. The van der Waals surface area contributed by atoms with Gasteiger partial charge in [0.1, 0.15) is 11.6 Å². The molecule has 0 saturated carbocycles. The lowest BCUT2D eigenvalue weighted by Crippen LogP contribution is -2.38. The lowest BCUT2D eigenvalue weighted by atomic mass is 10.1. The molecule has 118 valence electrons. The summed E-state index contributed by atoms with van der Waals surface area (Å²) in [6.07, 6.45) is -4.25. The van der Waals surface area contributed by atoms with Crippen molar-refractivity contribution >= 4 is 5.84 Å². The Bertz CT molecular complexity index is 501. The molecule has 1 aromatic rings. The van der Waals surface area contributed by atoms with Gasteiger partial charge in [-0.1, -0.05) is 6.07 Å². The van der Waals surface area contributed by atoms with Crippen molar-refractivity contribution in [2.75, 3.05) is 13.7 Å². The molecule has 0 amide bonds. The van der Waals surface area contributed by atoms with E-state index < -0.39 is 12.7 Å². The van der Waals surface area contributed by atoms with E-state index in [9.17, 15) is 13.2 Å². The number of nitrogen functional groups attached to an aromatic ring is 1. The number of halogens is 3. The number of rotatable bonds is 6. The van der Waals surface area contributed by atoms with Crippen LogP contribution in [0.15, 0.2) is 18.2 Å². The maximum absolute atomic E-state index is 12.6. The van der Waals surface area contributed by atoms with E-state index in [0.717, 1.165) is 0 Å². The van der Waals surface area contributed by atoms with E-state index in [2.05, 4.69) is 0 Å². The van der Waals surface area contributed by atoms with E-state index in [4.69, 9.17) is 15.9 Å². The number of nitrogens with two attached hydrogens (primary N) is 1. The second-order valence-electron chi connectivity index (χ2n) is 5.06. The molecular weight excluding hydrogens is 283 g/mol. The summed E-state index contributed by atoms with van der Waals surface area (Å²) >= 11 is 0. The van der Waals surface area contributed by atoms with Crippen LogP contribution >= 0.6 is 0 Å². The van der Waals surface area contributed by atoms with Gasteiger partial charge in [0.05, 0.1) is 19.2 Å². The highest BCUT2D eigenvalue weighted by atomic mass is 19.4. The van der Waals surface area contributed by atoms with Gasteiger partial charge in [0, 0.05) is 12.6 Å². The largest absolute Gasteiger partial charge is 0.496 e. The van der Waals surface area contributed by atoms with Crippen LogP contribution in [0.2, 0.25) is 0 Å². The molecule has 0 aliphatic rings. The van der Waals surface area contributed by atoms with Gasteiger partial charge in [-0.15, -0.1) is 0 Å². The van der Waals surface area contributed by atoms with Gasteiger partial charge in [-0.25, -0.2) is 0 Å². The molecule has 0 fully saturated rings. The first-order chi connectivity index (χ1) is 9.64. The second kappa shape index (κ2) is 6.80. The van der Waals surface area contributed by atoms with Crippen LogP contribution in [0.3, 0.4) is 0 Å². The molecular formula is C14H20F3N3O. The number of benzene rings is 1. The molecule has 0 spiro atoms. The number of alkyl halides is 3. The van der Waals surface area contributed by atoms with Crippen LogP contribution in [-0.4, -0.2) is 36.6 Å². The first-order valence-electron chi connectivity index (χ1n) is 6.46. The van der Waals surface area contributed by atoms with E-state index in [-0.39, 0.29) is 18.4 Å². The van der Waals surface area contributed by atoms with Crippen molar-refractivity contribution < 1.29 is 17.9 Å². The van der Waals surface area contributed by atoms with Crippen LogP contribution in [0.4, 0.5) is 13.2 Å². The van der Waals surface area contributed by atoms with Crippen molar-refractivity contribution in [1.82, 2.24) is 4.90 Å². The predicted octanol–water partition coefficient (Wildman–Crippen LogP) is 2.75. The summed E-state index contributed by atoms with van der Waals surface area (Å²) in [7, 11) is 1.45. The summed E-state index contributed by atoms with van der Waals surface area (Å²) in [6, 6.07) is 4.62. The summed E-state index contributed by atoms with van der Waals surface area (Å²) in [5.74, 6) is 0.249. The van der Waals surface area contributed by atoms with Gasteiger partial charge < -0.3 is 10.5 Å². The zero-order valence-electron chi connectivity index (χ0n) is 12.3. The Morgan fingerprint density at radius 2 is 2.00 bits per heavy atom. The Morgan fingerprint density at radius 1 is 1.38 bits per heavy atom. The van der Waals surface area contributed by atoms with Crippen molar-refractivity contribution in [2.45, 2.75) is 32.6 Å². The van der Waals surface area contributed by atoms with Crippen molar-refractivity contribution in [3.63, 3.8) is 0 Å². The first kappa shape index (κ1) is 17.3. The highest BCUT2D eigenvalue weighted by molar-refractivity contribution is 5.97. The molecule has 1 rings (SSSR count). The number of methoxy groups -OCH3 is 1. The lowest BCUT2D eigenvalue weighted by molar-refractivity contribution is -0.150. The fraction of sp³-hybridized carbons (Fsp3) is 0.500.